The number of hydrogen-bond donors (Lipinski definition) is 1. The van der Waals surface area contributed by atoms with Gasteiger partial charge < -0.3 is 29.4 Å². The van der Waals surface area contributed by atoms with Crippen molar-refractivity contribution in [1.29, 1.82) is 0 Å². The molecule has 0 aliphatic heterocycles. The normalized spacial score (nSPS) is 11.7. The first-order valence-corrected chi connectivity index (χ1v) is 10.2. The maximum atomic E-state index is 9.58. The van der Waals surface area contributed by atoms with E-state index in [1.54, 1.807) is 0 Å². The van der Waals surface area contributed by atoms with Gasteiger partial charge in [-0.15, -0.1) is 0 Å². The van der Waals surface area contributed by atoms with Gasteiger partial charge in [0.05, 0.1) is 38.3 Å². The quantitative estimate of drug-likeness (QED) is 0.253. The molecule has 0 amide bonds. The minimum Gasteiger partial charge on any atom is -0.550 e. The molecule has 27 heavy (non-hydrogen) atoms. The molecule has 0 aliphatic rings. The molecule has 0 aliphatic carbocycles. The van der Waals surface area contributed by atoms with Gasteiger partial charge in [0, 0.05) is 12.4 Å². The van der Waals surface area contributed by atoms with E-state index >= 15 is 0 Å². The second-order valence-electron chi connectivity index (χ2n) is 7.06. The third-order valence-corrected chi connectivity index (χ3v) is 4.58. The summed E-state index contributed by atoms with van der Waals surface area (Å²) in [5.41, 5.74) is 0. The molecule has 1 atom stereocenters. The van der Waals surface area contributed by atoms with Crippen LogP contribution in [0.1, 0.15) is 85.5 Å². The Morgan fingerprint density at radius 1 is 0.778 bits per heavy atom. The number of nitrogens with zero attached hydrogens (tertiary/aromatic N) is 1. The summed E-state index contributed by atoms with van der Waals surface area (Å²) >= 11 is 0. The van der Waals surface area contributed by atoms with Crippen molar-refractivity contribution >= 4 is 11.9 Å². The summed E-state index contributed by atoms with van der Waals surface area (Å²) in [6.45, 7) is 15.0. The van der Waals surface area contributed by atoms with E-state index in [1.165, 1.54) is 82.0 Å². The van der Waals surface area contributed by atoms with E-state index < -0.39 is 24.5 Å². The monoisotopic (exact) mass is 413 g/mol. The van der Waals surface area contributed by atoms with Crippen molar-refractivity contribution in [3.63, 3.8) is 0 Å². The number of aliphatic hydroxyl groups excluding tert-OH is 1. The number of carboxylic acids is 2. The van der Waals surface area contributed by atoms with Gasteiger partial charge >= 0.3 is 51.4 Å². The first kappa shape index (κ1) is 32.2. The van der Waals surface area contributed by atoms with Gasteiger partial charge in [0.15, 0.2) is 0 Å². The van der Waals surface area contributed by atoms with Crippen molar-refractivity contribution in [2.24, 2.45) is 0 Å². The molecule has 0 heterocycles. The number of unbranched alkanes of at least 4 members (excludes halogenated alkanes) is 4. The first-order chi connectivity index (χ1) is 12.3. The summed E-state index contributed by atoms with van der Waals surface area (Å²) in [6, 6.07) is 0. The molecule has 0 radical (unpaired) electrons. The summed E-state index contributed by atoms with van der Waals surface area (Å²) in [7, 11) is 0. The number of aliphatic carboxylic acids is 2. The van der Waals surface area contributed by atoms with E-state index in [4.69, 9.17) is 5.11 Å². The van der Waals surface area contributed by atoms with E-state index in [2.05, 4.69) is 27.7 Å². The maximum Gasteiger partial charge on any atom is 1.00 e. The van der Waals surface area contributed by atoms with Crippen LogP contribution in [-0.2, 0) is 9.59 Å². The number of carbonyl (C=O) groups excluding carboxylic acids is 2. The second-order valence-corrected chi connectivity index (χ2v) is 7.06. The predicted octanol–water partition coefficient (Wildman–Crippen LogP) is -1.76. The molecule has 156 valence electrons. The van der Waals surface area contributed by atoms with E-state index in [0.717, 1.165) is 0 Å². The maximum absolute atomic E-state index is 9.58. The third kappa shape index (κ3) is 19.6. The number of carbonyl (C=O) groups is 2. The SMILES string of the molecule is CCCC[N+](CCCC)(CCCC)CCCC.O=C([O-])CC(O)C(=O)[O-].[K+]. The van der Waals surface area contributed by atoms with Gasteiger partial charge in [0.2, 0.25) is 0 Å². The van der Waals surface area contributed by atoms with Gasteiger partial charge in [-0.2, -0.15) is 0 Å². The summed E-state index contributed by atoms with van der Waals surface area (Å²) in [4.78, 5) is 19.1. The fraction of sp³-hybridized carbons (Fsp3) is 0.900. The van der Waals surface area contributed by atoms with Crippen LogP contribution >= 0.6 is 0 Å². The molecule has 0 fully saturated rings. The zero-order valence-corrected chi connectivity index (χ0v) is 21.4. The standard InChI is InChI=1S/C16H36N.C4H6O5.K/c1-5-9-13-17(14-10-6-2,15-11-7-3)16-12-8-4;5-2(4(8)9)1-3(6)7;/h5-16H2,1-4H3;2,5H,1H2,(H,6,7)(H,8,9);/q+1;;+1/p-2. The Bertz CT molecular complexity index is 329. The number of rotatable bonds is 15. The number of hydrogen-bond acceptors (Lipinski definition) is 5. The minimum absolute atomic E-state index is 0. The Morgan fingerprint density at radius 2 is 1.07 bits per heavy atom. The van der Waals surface area contributed by atoms with Gasteiger partial charge in [-0.05, 0) is 25.7 Å². The Labute approximate surface area is 208 Å². The fourth-order valence-corrected chi connectivity index (χ4v) is 2.89. The Hall–Kier alpha value is 0.496. The molecule has 0 saturated heterocycles. The molecule has 6 nitrogen and oxygen atoms in total. The van der Waals surface area contributed by atoms with Crippen molar-refractivity contribution in [1.82, 2.24) is 0 Å². The average molecular weight is 414 g/mol. The van der Waals surface area contributed by atoms with Gasteiger partial charge in [0.25, 0.3) is 0 Å². The Balaban J connectivity index is -0.000000491. The molecule has 0 rings (SSSR count). The van der Waals surface area contributed by atoms with E-state index in [1.807, 2.05) is 0 Å². The topological polar surface area (TPSA) is 100 Å². The summed E-state index contributed by atoms with van der Waals surface area (Å²) in [5, 5.41) is 27.3. The largest absolute Gasteiger partial charge is 1.00 e. The van der Waals surface area contributed by atoms with Gasteiger partial charge in [-0.25, -0.2) is 0 Å². The van der Waals surface area contributed by atoms with Crippen LogP contribution in [0.25, 0.3) is 0 Å². The molecule has 0 aromatic heterocycles. The molecular formula is C20H40KNO5. The number of carboxylic acid groups (broad SMARTS) is 2. The fourth-order valence-electron chi connectivity index (χ4n) is 2.89. The third-order valence-electron chi connectivity index (χ3n) is 4.58. The van der Waals surface area contributed by atoms with E-state index in [0.29, 0.717) is 0 Å². The molecule has 0 bridgehead atoms. The average Bonchev–Trinajstić information content (AvgIpc) is 2.60. The van der Waals surface area contributed by atoms with Crippen LogP contribution < -0.4 is 61.6 Å². The van der Waals surface area contributed by atoms with Gasteiger partial charge in [0.1, 0.15) is 0 Å². The Morgan fingerprint density at radius 3 is 1.22 bits per heavy atom. The predicted molar refractivity (Wildman–Crippen MR) is 100.0 cm³/mol. The second kappa shape index (κ2) is 21.2. The zero-order chi connectivity index (χ0) is 20.4. The number of aliphatic hydroxyl groups is 1. The van der Waals surface area contributed by atoms with Crippen LogP contribution in [0.15, 0.2) is 0 Å². The molecule has 7 heteroatoms. The minimum atomic E-state index is -1.96. The van der Waals surface area contributed by atoms with E-state index in [-0.39, 0.29) is 51.4 Å². The van der Waals surface area contributed by atoms with Gasteiger partial charge in [-0.1, -0.05) is 53.4 Å². The van der Waals surface area contributed by atoms with Gasteiger partial charge in [-0.3, -0.25) is 0 Å². The van der Waals surface area contributed by atoms with Crippen LogP contribution in [-0.4, -0.2) is 53.8 Å². The Kier molecular flexibility index (Phi) is 25.3. The molecule has 0 aromatic rings. The molecule has 0 aromatic carbocycles. The van der Waals surface area contributed by atoms with E-state index in [9.17, 15) is 19.8 Å². The van der Waals surface area contributed by atoms with Crippen LogP contribution in [0.4, 0.5) is 0 Å². The van der Waals surface area contributed by atoms with Crippen LogP contribution in [0.5, 0.6) is 0 Å². The first-order valence-electron chi connectivity index (χ1n) is 10.2. The summed E-state index contributed by atoms with van der Waals surface area (Å²) in [5.74, 6) is -3.43. The van der Waals surface area contributed by atoms with Crippen molar-refractivity contribution < 1.29 is 80.8 Å². The van der Waals surface area contributed by atoms with Crippen LogP contribution in [0.3, 0.4) is 0 Å². The molecule has 0 spiro atoms. The van der Waals surface area contributed by atoms with Crippen molar-refractivity contribution in [2.75, 3.05) is 26.2 Å². The zero-order valence-electron chi connectivity index (χ0n) is 18.3. The molecular weight excluding hydrogens is 373 g/mol. The van der Waals surface area contributed by atoms with Crippen LogP contribution in [0, 0.1) is 0 Å². The molecule has 1 unspecified atom stereocenters. The van der Waals surface area contributed by atoms with Crippen LogP contribution in [0.2, 0.25) is 0 Å². The smallest absolute Gasteiger partial charge is 0.550 e. The molecule has 0 saturated carbocycles. The summed E-state index contributed by atoms with van der Waals surface area (Å²) < 4.78 is 1.42. The summed E-state index contributed by atoms with van der Waals surface area (Å²) in [6.07, 6.45) is 8.17. The van der Waals surface area contributed by atoms with Crippen molar-refractivity contribution in [3.05, 3.63) is 0 Å². The van der Waals surface area contributed by atoms with Crippen molar-refractivity contribution in [3.8, 4) is 0 Å². The van der Waals surface area contributed by atoms with Crippen molar-refractivity contribution in [2.45, 2.75) is 91.6 Å². The molecule has 1 N–H and O–H groups in total. The number of quaternary nitrogens is 1.